The predicted octanol–water partition coefficient (Wildman–Crippen LogP) is 3.11. The van der Waals surface area contributed by atoms with E-state index in [0.29, 0.717) is 22.6 Å². The lowest BCUT2D eigenvalue weighted by Gasteiger charge is -2.37. The minimum Gasteiger partial charge on any atom is -0.395 e. The molecule has 0 atom stereocenters. The number of nitrogens with two attached hydrogens (primary N) is 1. The first-order chi connectivity index (χ1) is 9.63. The van der Waals surface area contributed by atoms with Crippen LogP contribution < -0.4 is 10.6 Å². The summed E-state index contributed by atoms with van der Waals surface area (Å²) in [5.41, 5.74) is 7.62. The minimum absolute atomic E-state index is 0.121. The highest BCUT2D eigenvalue weighted by molar-refractivity contribution is 7.80. The molecule has 1 aromatic rings. The van der Waals surface area contributed by atoms with Crippen molar-refractivity contribution in [2.75, 3.05) is 18.1 Å². The van der Waals surface area contributed by atoms with Gasteiger partial charge in [-0.25, -0.2) is 0 Å². The fourth-order valence-corrected chi connectivity index (χ4v) is 3.29. The lowest BCUT2D eigenvalue weighted by molar-refractivity contribution is 0.290. The van der Waals surface area contributed by atoms with Crippen LogP contribution in [0.25, 0.3) is 0 Å². The van der Waals surface area contributed by atoms with Crippen LogP contribution in [-0.4, -0.2) is 29.3 Å². The number of benzene rings is 1. The zero-order valence-electron chi connectivity index (χ0n) is 11.5. The molecule has 5 heteroatoms. The van der Waals surface area contributed by atoms with E-state index in [1.165, 1.54) is 19.3 Å². The monoisotopic (exact) mass is 312 g/mol. The van der Waals surface area contributed by atoms with Crippen molar-refractivity contribution >= 4 is 34.5 Å². The maximum atomic E-state index is 9.38. The standard InChI is InChI=1S/C15H21ClN2OS/c16-11-6-7-14(13(10-11)15(17)20)18(8-9-19)12-4-2-1-3-5-12/h6-7,10,12,19H,1-5,8-9H2,(H2,17,20). The van der Waals surface area contributed by atoms with Crippen LogP contribution in [0.2, 0.25) is 5.02 Å². The van der Waals surface area contributed by atoms with Gasteiger partial charge in [0.2, 0.25) is 0 Å². The molecule has 1 saturated carbocycles. The number of hydrogen-bond donors (Lipinski definition) is 2. The zero-order valence-corrected chi connectivity index (χ0v) is 13.1. The number of anilines is 1. The van der Waals surface area contributed by atoms with E-state index >= 15 is 0 Å². The summed E-state index contributed by atoms with van der Waals surface area (Å²) in [5.74, 6) is 0. The number of aliphatic hydroxyl groups excluding tert-OH is 1. The molecule has 110 valence electrons. The topological polar surface area (TPSA) is 49.5 Å². The molecule has 0 spiro atoms. The van der Waals surface area contributed by atoms with Crippen LogP contribution in [0, 0.1) is 0 Å². The molecule has 3 N–H and O–H groups in total. The highest BCUT2D eigenvalue weighted by atomic mass is 35.5. The summed E-state index contributed by atoms with van der Waals surface area (Å²) in [5, 5.41) is 10.0. The molecule has 0 aliphatic heterocycles. The van der Waals surface area contributed by atoms with Crippen LogP contribution in [0.4, 0.5) is 5.69 Å². The molecule has 0 amide bonds. The van der Waals surface area contributed by atoms with E-state index in [1.54, 1.807) is 0 Å². The quantitative estimate of drug-likeness (QED) is 0.820. The van der Waals surface area contributed by atoms with Crippen molar-refractivity contribution in [3.05, 3.63) is 28.8 Å². The van der Waals surface area contributed by atoms with Gasteiger partial charge in [-0.05, 0) is 31.0 Å². The van der Waals surface area contributed by atoms with E-state index < -0.39 is 0 Å². The fraction of sp³-hybridized carbons (Fsp3) is 0.533. The third-order valence-electron chi connectivity index (χ3n) is 3.89. The second-order valence-electron chi connectivity index (χ2n) is 5.23. The maximum Gasteiger partial charge on any atom is 0.106 e. The van der Waals surface area contributed by atoms with Gasteiger partial charge in [0.05, 0.1) is 6.61 Å². The number of rotatable bonds is 5. The number of nitrogens with zero attached hydrogens (tertiary/aromatic N) is 1. The SMILES string of the molecule is NC(=S)c1cc(Cl)ccc1N(CCO)C1CCCCC1. The number of aliphatic hydroxyl groups is 1. The lowest BCUT2D eigenvalue weighted by atomic mass is 9.93. The summed E-state index contributed by atoms with van der Waals surface area (Å²) in [6.45, 7) is 0.720. The Labute approximate surface area is 130 Å². The molecule has 1 aromatic carbocycles. The molecule has 3 nitrogen and oxygen atoms in total. The lowest BCUT2D eigenvalue weighted by Crippen LogP contribution is -2.40. The highest BCUT2D eigenvalue weighted by Gasteiger charge is 2.23. The molecule has 1 fully saturated rings. The van der Waals surface area contributed by atoms with Gasteiger partial charge in [-0.2, -0.15) is 0 Å². The van der Waals surface area contributed by atoms with Crippen LogP contribution in [0.5, 0.6) is 0 Å². The molecule has 0 unspecified atom stereocenters. The Morgan fingerprint density at radius 1 is 1.35 bits per heavy atom. The molecule has 0 saturated heterocycles. The second-order valence-corrected chi connectivity index (χ2v) is 6.11. The van der Waals surface area contributed by atoms with E-state index in [-0.39, 0.29) is 6.61 Å². The second kappa shape index (κ2) is 7.25. The molecule has 20 heavy (non-hydrogen) atoms. The van der Waals surface area contributed by atoms with Crippen molar-refractivity contribution in [1.29, 1.82) is 0 Å². The van der Waals surface area contributed by atoms with E-state index in [9.17, 15) is 5.11 Å². The van der Waals surface area contributed by atoms with Gasteiger partial charge < -0.3 is 15.7 Å². The van der Waals surface area contributed by atoms with E-state index in [1.807, 2.05) is 18.2 Å². The Bertz CT molecular complexity index is 475. The van der Waals surface area contributed by atoms with Crippen molar-refractivity contribution in [3.63, 3.8) is 0 Å². The van der Waals surface area contributed by atoms with Gasteiger partial charge in [0, 0.05) is 28.9 Å². The molecule has 1 aliphatic rings. The first kappa shape index (κ1) is 15.5. The number of hydrogen-bond acceptors (Lipinski definition) is 3. The summed E-state index contributed by atoms with van der Waals surface area (Å²) in [7, 11) is 0. The largest absolute Gasteiger partial charge is 0.395 e. The first-order valence-corrected chi connectivity index (χ1v) is 7.89. The van der Waals surface area contributed by atoms with Crippen LogP contribution in [-0.2, 0) is 0 Å². The summed E-state index contributed by atoms with van der Waals surface area (Å²) in [6.07, 6.45) is 6.08. The van der Waals surface area contributed by atoms with Crippen LogP contribution in [0.3, 0.4) is 0 Å². The van der Waals surface area contributed by atoms with Crippen molar-refractivity contribution in [1.82, 2.24) is 0 Å². The zero-order chi connectivity index (χ0) is 14.5. The Hall–Kier alpha value is -0.840. The van der Waals surface area contributed by atoms with Crippen LogP contribution >= 0.6 is 23.8 Å². The summed E-state index contributed by atoms with van der Waals surface area (Å²) in [4.78, 5) is 2.59. The van der Waals surface area contributed by atoms with Gasteiger partial charge in [-0.3, -0.25) is 0 Å². The normalized spacial score (nSPS) is 16.1. The minimum atomic E-state index is 0.121. The van der Waals surface area contributed by atoms with Gasteiger partial charge in [-0.15, -0.1) is 0 Å². The Morgan fingerprint density at radius 3 is 2.65 bits per heavy atom. The Kier molecular flexibility index (Phi) is 5.64. The molecular weight excluding hydrogens is 292 g/mol. The molecule has 1 aliphatic carbocycles. The third-order valence-corrected chi connectivity index (χ3v) is 4.34. The molecule has 0 heterocycles. The van der Waals surface area contributed by atoms with E-state index in [0.717, 1.165) is 24.1 Å². The van der Waals surface area contributed by atoms with E-state index in [2.05, 4.69) is 4.90 Å². The first-order valence-electron chi connectivity index (χ1n) is 7.10. The highest BCUT2D eigenvalue weighted by Crippen LogP contribution is 2.31. The Balaban J connectivity index is 2.35. The summed E-state index contributed by atoms with van der Waals surface area (Å²) >= 11 is 11.2. The Morgan fingerprint density at radius 2 is 2.05 bits per heavy atom. The van der Waals surface area contributed by atoms with Crippen molar-refractivity contribution < 1.29 is 5.11 Å². The van der Waals surface area contributed by atoms with Crippen molar-refractivity contribution in [2.24, 2.45) is 5.73 Å². The van der Waals surface area contributed by atoms with Gasteiger partial charge >= 0.3 is 0 Å². The number of thiocarbonyl (C=S) groups is 1. The smallest absolute Gasteiger partial charge is 0.106 e. The van der Waals surface area contributed by atoms with Gasteiger partial charge in [0.1, 0.15) is 4.99 Å². The molecule has 0 aromatic heterocycles. The van der Waals surface area contributed by atoms with Crippen molar-refractivity contribution in [2.45, 2.75) is 38.1 Å². The van der Waals surface area contributed by atoms with Gasteiger partial charge in [-0.1, -0.05) is 43.1 Å². The average Bonchev–Trinajstić information content (AvgIpc) is 2.46. The molecular formula is C15H21ClN2OS. The van der Waals surface area contributed by atoms with Crippen LogP contribution in [0.1, 0.15) is 37.7 Å². The maximum absolute atomic E-state index is 9.38. The van der Waals surface area contributed by atoms with Crippen molar-refractivity contribution in [3.8, 4) is 0 Å². The fourth-order valence-electron chi connectivity index (χ4n) is 2.96. The predicted molar refractivity (Wildman–Crippen MR) is 88.6 cm³/mol. The molecule has 0 radical (unpaired) electrons. The van der Waals surface area contributed by atoms with E-state index in [4.69, 9.17) is 29.6 Å². The molecule has 2 rings (SSSR count). The summed E-state index contributed by atoms with van der Waals surface area (Å²) < 4.78 is 0. The van der Waals surface area contributed by atoms with Gasteiger partial charge in [0.25, 0.3) is 0 Å². The average molecular weight is 313 g/mol. The van der Waals surface area contributed by atoms with Gasteiger partial charge in [0.15, 0.2) is 0 Å². The number of halogens is 1. The molecule has 0 bridgehead atoms. The summed E-state index contributed by atoms with van der Waals surface area (Å²) in [6, 6.07) is 6.07. The third kappa shape index (κ3) is 3.62. The van der Waals surface area contributed by atoms with Crippen LogP contribution in [0.15, 0.2) is 18.2 Å².